The maximum Gasteiger partial charge on any atom is 0.339 e. The molecule has 0 saturated carbocycles. The molecule has 1 saturated heterocycles. The molecule has 288 valence electrons. The highest BCUT2D eigenvalue weighted by Gasteiger charge is 2.34. The normalized spacial score (nSPS) is 17.6. The SMILES string of the molecule is CCC1OC(=O)c2ccccc21.CN1CCC(O)(c2ccccn2)CC1.Cc1ccc(C(=O)/C=C/C(=O)O)cc1.O=C1OC(c2ccccc2)c2ccccc21. The predicted molar refractivity (Wildman–Crippen MR) is 212 cm³/mol. The molecule has 10 heteroatoms. The van der Waals surface area contributed by atoms with Gasteiger partial charge in [-0.05, 0) is 69.1 Å². The summed E-state index contributed by atoms with van der Waals surface area (Å²) in [7, 11) is 2.08. The van der Waals surface area contributed by atoms with Crippen molar-refractivity contribution in [1.82, 2.24) is 9.88 Å². The van der Waals surface area contributed by atoms with Crippen LogP contribution in [0.25, 0.3) is 0 Å². The standard InChI is InChI=1S/C14H10O2.C11H16N2O.C11H10O3.C10H10O2/c15-14-12-9-5-4-8-11(12)13(16-14)10-6-2-1-3-7-10;1-13-8-5-11(14,6-9-13)10-4-2-3-7-12-10;1-8-2-4-9(5-3-8)10(12)6-7-11(13)14;1-2-9-7-5-3-4-6-8(7)10(11)12-9/h1-9,13H;2-4,7,14H,5-6,8-9H2,1H3;2-7H,1H3,(H,13,14);3-6,9H,2H2,1H3/b;;7-6+;. The number of aryl methyl sites for hydroxylation is 1. The van der Waals surface area contributed by atoms with Crippen LogP contribution in [0, 0.1) is 6.92 Å². The van der Waals surface area contributed by atoms with Gasteiger partial charge in [-0.1, -0.05) is 110 Å². The third-order valence-corrected chi connectivity index (χ3v) is 9.61. The molecular formula is C46H46N2O8. The Morgan fingerprint density at radius 1 is 0.768 bits per heavy atom. The number of pyridine rings is 1. The fourth-order valence-corrected chi connectivity index (χ4v) is 6.39. The van der Waals surface area contributed by atoms with Crippen LogP contribution in [-0.4, -0.2) is 63.9 Å². The maximum absolute atomic E-state index is 11.6. The van der Waals surface area contributed by atoms with Crippen molar-refractivity contribution in [2.45, 2.75) is 50.9 Å². The molecule has 3 aliphatic rings. The molecule has 0 aliphatic carbocycles. The molecule has 4 aromatic carbocycles. The van der Waals surface area contributed by atoms with Crippen LogP contribution in [0.2, 0.25) is 0 Å². The van der Waals surface area contributed by atoms with Gasteiger partial charge in [0.15, 0.2) is 11.9 Å². The van der Waals surface area contributed by atoms with E-state index in [9.17, 15) is 24.3 Å². The van der Waals surface area contributed by atoms with Crippen LogP contribution in [0.4, 0.5) is 0 Å². The number of allylic oxidation sites excluding steroid dienone is 1. The molecule has 1 fully saturated rings. The Morgan fingerprint density at radius 3 is 1.95 bits per heavy atom. The van der Waals surface area contributed by atoms with E-state index >= 15 is 0 Å². The molecule has 2 atom stereocenters. The minimum absolute atomic E-state index is 0.0197. The number of carbonyl (C=O) groups is 4. The van der Waals surface area contributed by atoms with E-state index in [4.69, 9.17) is 14.6 Å². The van der Waals surface area contributed by atoms with E-state index in [2.05, 4.69) is 16.9 Å². The summed E-state index contributed by atoms with van der Waals surface area (Å²) in [6, 6.07) is 37.6. The van der Waals surface area contributed by atoms with E-state index < -0.39 is 11.6 Å². The van der Waals surface area contributed by atoms with Crippen LogP contribution < -0.4 is 0 Å². The third kappa shape index (κ3) is 10.7. The number of carbonyl (C=O) groups excluding carboxylic acids is 3. The van der Waals surface area contributed by atoms with Gasteiger partial charge in [0, 0.05) is 42.1 Å². The second-order valence-corrected chi connectivity index (χ2v) is 13.6. The van der Waals surface area contributed by atoms with E-state index in [1.54, 1.807) is 24.4 Å². The molecule has 10 nitrogen and oxygen atoms in total. The predicted octanol–water partition coefficient (Wildman–Crippen LogP) is 8.07. The number of hydrogen-bond donors (Lipinski definition) is 2. The van der Waals surface area contributed by atoms with Gasteiger partial charge in [-0.2, -0.15) is 0 Å². The van der Waals surface area contributed by atoms with Crippen LogP contribution in [0.5, 0.6) is 0 Å². The number of cyclic esters (lactones) is 2. The topological polar surface area (TPSA) is 143 Å². The molecule has 2 unspecified atom stereocenters. The number of aliphatic hydroxyl groups is 1. The zero-order chi connectivity index (χ0) is 40.1. The summed E-state index contributed by atoms with van der Waals surface area (Å²) < 4.78 is 10.5. The number of carboxylic acids is 1. The lowest BCUT2D eigenvalue weighted by molar-refractivity contribution is -0.131. The summed E-state index contributed by atoms with van der Waals surface area (Å²) in [6.45, 7) is 5.81. The zero-order valence-corrected chi connectivity index (χ0v) is 31.7. The number of piperidine rings is 1. The number of aliphatic carboxylic acids is 1. The number of rotatable bonds is 6. The molecule has 1 aromatic heterocycles. The average molecular weight is 755 g/mol. The van der Waals surface area contributed by atoms with Gasteiger partial charge in [0.25, 0.3) is 0 Å². The second kappa shape index (κ2) is 19.4. The first kappa shape index (κ1) is 40.9. The maximum atomic E-state index is 11.6. The lowest BCUT2D eigenvalue weighted by atomic mass is 9.88. The molecule has 5 aromatic rings. The van der Waals surface area contributed by atoms with Gasteiger partial charge < -0.3 is 24.6 Å². The first-order valence-corrected chi connectivity index (χ1v) is 18.5. The van der Waals surface area contributed by atoms with Crippen molar-refractivity contribution in [1.29, 1.82) is 0 Å². The Bertz CT molecular complexity index is 2130. The average Bonchev–Trinajstić information content (AvgIpc) is 3.75. The number of esters is 2. The van der Waals surface area contributed by atoms with Crippen molar-refractivity contribution in [3.05, 3.63) is 184 Å². The van der Waals surface area contributed by atoms with Crippen LogP contribution >= 0.6 is 0 Å². The van der Waals surface area contributed by atoms with Crippen LogP contribution in [-0.2, 0) is 19.9 Å². The van der Waals surface area contributed by atoms with E-state index in [0.717, 1.165) is 78.0 Å². The molecule has 8 rings (SSSR count). The van der Waals surface area contributed by atoms with Crippen LogP contribution in [0.15, 0.2) is 140 Å². The Hall–Kier alpha value is -6.23. The summed E-state index contributed by atoms with van der Waals surface area (Å²) in [5, 5.41) is 18.7. The van der Waals surface area contributed by atoms with Gasteiger partial charge in [0.2, 0.25) is 0 Å². The minimum atomic E-state index is -1.12. The minimum Gasteiger partial charge on any atom is -0.478 e. The van der Waals surface area contributed by atoms with E-state index in [1.807, 2.05) is 117 Å². The first-order valence-electron chi connectivity index (χ1n) is 18.5. The Kier molecular flexibility index (Phi) is 14.2. The van der Waals surface area contributed by atoms with E-state index in [1.165, 1.54) is 0 Å². The van der Waals surface area contributed by atoms with Gasteiger partial charge in [-0.15, -0.1) is 0 Å². The van der Waals surface area contributed by atoms with Crippen molar-refractivity contribution in [2.24, 2.45) is 0 Å². The summed E-state index contributed by atoms with van der Waals surface area (Å²) in [4.78, 5) is 50.8. The van der Waals surface area contributed by atoms with Crippen molar-refractivity contribution in [3.8, 4) is 0 Å². The summed E-state index contributed by atoms with van der Waals surface area (Å²) >= 11 is 0. The lowest BCUT2D eigenvalue weighted by Crippen LogP contribution is -2.41. The molecule has 2 N–H and O–H groups in total. The highest BCUT2D eigenvalue weighted by atomic mass is 16.6. The van der Waals surface area contributed by atoms with Gasteiger partial charge in [-0.25, -0.2) is 14.4 Å². The third-order valence-electron chi connectivity index (χ3n) is 9.61. The zero-order valence-electron chi connectivity index (χ0n) is 31.7. The number of carboxylic acid groups (broad SMARTS) is 1. The largest absolute Gasteiger partial charge is 0.478 e. The monoisotopic (exact) mass is 754 g/mol. The number of benzene rings is 4. The van der Waals surface area contributed by atoms with Gasteiger partial charge in [0.1, 0.15) is 11.7 Å². The number of ether oxygens (including phenoxy) is 2. The number of aromatic nitrogens is 1. The van der Waals surface area contributed by atoms with Crippen molar-refractivity contribution in [3.63, 3.8) is 0 Å². The molecule has 0 amide bonds. The number of likely N-dealkylation sites (tertiary alicyclic amines) is 1. The molecule has 3 aliphatic heterocycles. The van der Waals surface area contributed by atoms with Crippen LogP contribution in [0.3, 0.4) is 0 Å². The van der Waals surface area contributed by atoms with Gasteiger partial charge in [-0.3, -0.25) is 9.78 Å². The Labute approximate surface area is 327 Å². The highest BCUT2D eigenvalue weighted by Crippen LogP contribution is 2.35. The molecule has 0 bridgehead atoms. The highest BCUT2D eigenvalue weighted by molar-refractivity contribution is 6.06. The first-order chi connectivity index (χ1) is 27.0. The molecular weight excluding hydrogens is 709 g/mol. The van der Waals surface area contributed by atoms with Crippen molar-refractivity contribution in [2.75, 3.05) is 20.1 Å². The molecule has 0 spiro atoms. The number of fused-ring (bicyclic) bond motifs is 2. The summed E-state index contributed by atoms with van der Waals surface area (Å²) in [5.74, 6) is -1.83. The summed E-state index contributed by atoms with van der Waals surface area (Å²) in [5.41, 5.74) is 6.07. The second-order valence-electron chi connectivity index (χ2n) is 13.6. The quantitative estimate of drug-likeness (QED) is 0.0993. The number of hydrogen-bond acceptors (Lipinski definition) is 9. The molecule has 4 heterocycles. The Morgan fingerprint density at radius 2 is 1.34 bits per heavy atom. The number of ketones is 1. The van der Waals surface area contributed by atoms with Crippen molar-refractivity contribution >= 4 is 23.7 Å². The Balaban J connectivity index is 0.000000144. The van der Waals surface area contributed by atoms with E-state index in [-0.39, 0.29) is 29.9 Å². The summed E-state index contributed by atoms with van der Waals surface area (Å²) in [6.07, 6.45) is 5.77. The number of nitrogens with zero attached hydrogens (tertiary/aromatic N) is 2. The molecule has 56 heavy (non-hydrogen) atoms. The lowest BCUT2D eigenvalue weighted by Gasteiger charge is -2.35. The van der Waals surface area contributed by atoms with Gasteiger partial charge in [0.05, 0.1) is 16.8 Å². The van der Waals surface area contributed by atoms with Crippen molar-refractivity contribution < 1.29 is 38.9 Å². The fraction of sp³-hybridized carbons (Fsp3) is 0.239. The smallest absolute Gasteiger partial charge is 0.339 e. The molecule has 0 radical (unpaired) electrons. The van der Waals surface area contributed by atoms with E-state index in [0.29, 0.717) is 11.1 Å². The fourth-order valence-electron chi connectivity index (χ4n) is 6.39. The van der Waals surface area contributed by atoms with Crippen LogP contribution in [0.1, 0.15) is 97.4 Å². The van der Waals surface area contributed by atoms with Gasteiger partial charge >= 0.3 is 17.9 Å².